The molecule has 2 nitrogen and oxygen atoms in total. The van der Waals surface area contributed by atoms with Crippen molar-refractivity contribution in [3.05, 3.63) is 0 Å². The standard InChI is InChI=1S/C20H32O2/c1-18(13-22)7-3-8-19(2)16(18)6-9-20-10-14(4-5-17(19)20)15(11-20)12-21/h13-17,21H,3-12H2,1-2H3/t14?,15?,16-,17+,18?,19?,20?/m1/s1. The Labute approximate surface area is 135 Å². The maximum absolute atomic E-state index is 11.9. The van der Waals surface area contributed by atoms with Crippen LogP contribution in [-0.2, 0) is 4.79 Å². The average molecular weight is 304 g/mol. The Morgan fingerprint density at radius 1 is 1.05 bits per heavy atom. The van der Waals surface area contributed by atoms with Gasteiger partial charge in [-0.25, -0.2) is 0 Å². The molecular weight excluding hydrogens is 272 g/mol. The first-order valence-corrected chi connectivity index (χ1v) is 9.55. The lowest BCUT2D eigenvalue weighted by atomic mass is 9.41. The largest absolute Gasteiger partial charge is 0.396 e. The molecule has 2 bridgehead atoms. The lowest BCUT2D eigenvalue weighted by Gasteiger charge is -2.63. The first kappa shape index (κ1) is 15.2. The van der Waals surface area contributed by atoms with Gasteiger partial charge in [-0.3, -0.25) is 0 Å². The zero-order chi connectivity index (χ0) is 15.6. The van der Waals surface area contributed by atoms with Gasteiger partial charge in [0.1, 0.15) is 6.29 Å². The Morgan fingerprint density at radius 3 is 2.59 bits per heavy atom. The second-order valence-corrected chi connectivity index (χ2v) is 9.68. The van der Waals surface area contributed by atoms with Gasteiger partial charge in [0, 0.05) is 12.0 Å². The van der Waals surface area contributed by atoms with Gasteiger partial charge in [0.15, 0.2) is 0 Å². The summed E-state index contributed by atoms with van der Waals surface area (Å²) in [7, 11) is 0. The monoisotopic (exact) mass is 304 g/mol. The highest BCUT2D eigenvalue weighted by Gasteiger charge is 2.64. The van der Waals surface area contributed by atoms with Crippen LogP contribution in [-0.4, -0.2) is 18.0 Å². The first-order valence-electron chi connectivity index (χ1n) is 9.55. The van der Waals surface area contributed by atoms with Crippen LogP contribution >= 0.6 is 0 Å². The molecule has 0 aromatic rings. The Balaban J connectivity index is 1.70. The summed E-state index contributed by atoms with van der Waals surface area (Å²) in [4.78, 5) is 11.9. The van der Waals surface area contributed by atoms with Crippen LogP contribution in [0, 0.1) is 39.9 Å². The topological polar surface area (TPSA) is 37.3 Å². The van der Waals surface area contributed by atoms with Gasteiger partial charge in [-0.2, -0.15) is 0 Å². The zero-order valence-corrected chi connectivity index (χ0v) is 14.3. The summed E-state index contributed by atoms with van der Waals surface area (Å²) in [5, 5.41) is 9.77. The minimum absolute atomic E-state index is 0.0829. The third-order valence-electron chi connectivity index (χ3n) is 8.82. The van der Waals surface area contributed by atoms with E-state index >= 15 is 0 Å². The van der Waals surface area contributed by atoms with Crippen LogP contribution in [0.4, 0.5) is 0 Å². The number of hydrogen-bond acceptors (Lipinski definition) is 2. The fourth-order valence-corrected chi connectivity index (χ4v) is 7.99. The summed E-state index contributed by atoms with van der Waals surface area (Å²) in [6, 6.07) is 0. The number of aldehydes is 1. The smallest absolute Gasteiger partial charge is 0.126 e. The van der Waals surface area contributed by atoms with Crippen molar-refractivity contribution in [2.75, 3.05) is 6.61 Å². The van der Waals surface area contributed by atoms with E-state index in [9.17, 15) is 9.90 Å². The fraction of sp³-hybridized carbons (Fsp3) is 0.950. The summed E-state index contributed by atoms with van der Waals surface area (Å²) in [6.07, 6.45) is 12.8. The molecule has 5 unspecified atom stereocenters. The second-order valence-electron chi connectivity index (χ2n) is 9.68. The summed E-state index contributed by atoms with van der Waals surface area (Å²) in [5.41, 5.74) is 0.782. The molecule has 0 aromatic heterocycles. The molecule has 4 aliphatic carbocycles. The second kappa shape index (κ2) is 4.82. The number of aliphatic hydroxyl groups is 1. The summed E-state index contributed by atoms with van der Waals surface area (Å²) in [5.74, 6) is 2.73. The normalized spacial score (nSPS) is 57.0. The molecule has 2 heteroatoms. The van der Waals surface area contributed by atoms with Gasteiger partial charge in [-0.1, -0.05) is 20.3 Å². The number of carbonyl (C=O) groups is 1. The maximum atomic E-state index is 11.9. The molecule has 1 spiro atoms. The van der Waals surface area contributed by atoms with E-state index in [0.29, 0.717) is 29.3 Å². The summed E-state index contributed by atoms with van der Waals surface area (Å²) >= 11 is 0. The van der Waals surface area contributed by atoms with Crippen LogP contribution in [0.15, 0.2) is 0 Å². The molecule has 4 saturated carbocycles. The molecule has 4 rings (SSSR count). The van der Waals surface area contributed by atoms with Gasteiger partial charge in [-0.15, -0.1) is 0 Å². The minimum atomic E-state index is -0.0829. The predicted molar refractivity (Wildman–Crippen MR) is 87.3 cm³/mol. The van der Waals surface area contributed by atoms with Crippen molar-refractivity contribution < 1.29 is 9.90 Å². The molecular formula is C20H32O2. The van der Waals surface area contributed by atoms with Crippen LogP contribution < -0.4 is 0 Å². The molecule has 4 fully saturated rings. The SMILES string of the molecule is CC1(C=O)CCCC2(C)[C@@H]1CCC13CC(CO)C(CC[C@H]12)C3. The van der Waals surface area contributed by atoms with Gasteiger partial charge in [0.2, 0.25) is 0 Å². The van der Waals surface area contributed by atoms with E-state index in [-0.39, 0.29) is 5.41 Å². The first-order chi connectivity index (χ1) is 10.5. The molecule has 22 heavy (non-hydrogen) atoms. The van der Waals surface area contributed by atoms with Gasteiger partial charge in [0.25, 0.3) is 0 Å². The van der Waals surface area contributed by atoms with E-state index in [1.165, 1.54) is 57.7 Å². The predicted octanol–water partition coefficient (Wildman–Crippen LogP) is 4.21. The Morgan fingerprint density at radius 2 is 1.86 bits per heavy atom. The van der Waals surface area contributed by atoms with Crippen LogP contribution in [0.25, 0.3) is 0 Å². The lowest BCUT2D eigenvalue weighted by Crippen LogP contribution is -2.56. The number of carbonyl (C=O) groups excluding carboxylic acids is 1. The van der Waals surface area contributed by atoms with Crippen LogP contribution in [0.1, 0.15) is 71.6 Å². The van der Waals surface area contributed by atoms with Crippen molar-refractivity contribution >= 4 is 6.29 Å². The van der Waals surface area contributed by atoms with Crippen molar-refractivity contribution in [2.24, 2.45) is 39.9 Å². The van der Waals surface area contributed by atoms with Gasteiger partial charge in [0.05, 0.1) is 0 Å². The maximum Gasteiger partial charge on any atom is 0.126 e. The van der Waals surface area contributed by atoms with E-state index in [4.69, 9.17) is 0 Å². The van der Waals surface area contributed by atoms with Crippen LogP contribution in [0.5, 0.6) is 0 Å². The van der Waals surface area contributed by atoms with Gasteiger partial charge in [-0.05, 0) is 85.9 Å². The third kappa shape index (κ3) is 1.79. The molecule has 0 radical (unpaired) electrons. The van der Waals surface area contributed by atoms with E-state index in [0.717, 1.165) is 18.3 Å². The minimum Gasteiger partial charge on any atom is -0.396 e. The Bertz CT molecular complexity index is 474. The molecule has 7 atom stereocenters. The summed E-state index contributed by atoms with van der Waals surface area (Å²) in [6.45, 7) is 5.15. The number of fused-ring (bicyclic) bond motifs is 3. The molecule has 1 N–H and O–H groups in total. The highest BCUT2D eigenvalue weighted by atomic mass is 16.3. The Kier molecular flexibility index (Phi) is 3.32. The quantitative estimate of drug-likeness (QED) is 0.776. The van der Waals surface area contributed by atoms with Crippen molar-refractivity contribution in [2.45, 2.75) is 71.6 Å². The van der Waals surface area contributed by atoms with Crippen LogP contribution in [0.2, 0.25) is 0 Å². The van der Waals surface area contributed by atoms with E-state index in [1.807, 2.05) is 0 Å². The molecule has 0 amide bonds. The zero-order valence-electron chi connectivity index (χ0n) is 14.3. The number of rotatable bonds is 2. The summed E-state index contributed by atoms with van der Waals surface area (Å²) < 4.78 is 0. The van der Waals surface area contributed by atoms with E-state index in [2.05, 4.69) is 13.8 Å². The molecule has 4 aliphatic rings. The van der Waals surface area contributed by atoms with Crippen molar-refractivity contribution in [1.29, 1.82) is 0 Å². The fourth-order valence-electron chi connectivity index (χ4n) is 7.99. The van der Waals surface area contributed by atoms with Gasteiger partial charge < -0.3 is 9.90 Å². The molecule has 0 heterocycles. The molecule has 0 saturated heterocycles. The van der Waals surface area contributed by atoms with E-state index < -0.39 is 0 Å². The van der Waals surface area contributed by atoms with Gasteiger partial charge >= 0.3 is 0 Å². The van der Waals surface area contributed by atoms with Crippen molar-refractivity contribution in [3.8, 4) is 0 Å². The molecule has 124 valence electrons. The number of aliphatic hydroxyl groups excluding tert-OH is 1. The van der Waals surface area contributed by atoms with Crippen molar-refractivity contribution in [1.82, 2.24) is 0 Å². The molecule has 0 aliphatic heterocycles. The highest BCUT2D eigenvalue weighted by Crippen LogP contribution is 2.72. The van der Waals surface area contributed by atoms with Crippen LogP contribution in [0.3, 0.4) is 0 Å². The third-order valence-corrected chi connectivity index (χ3v) is 8.82. The van der Waals surface area contributed by atoms with Crippen molar-refractivity contribution in [3.63, 3.8) is 0 Å². The average Bonchev–Trinajstić information content (AvgIpc) is 2.77. The highest BCUT2D eigenvalue weighted by molar-refractivity contribution is 5.60. The Hall–Kier alpha value is -0.370. The number of hydrogen-bond donors (Lipinski definition) is 1. The molecule has 0 aromatic carbocycles. The lowest BCUT2D eigenvalue weighted by molar-refractivity contribution is -0.157. The van der Waals surface area contributed by atoms with E-state index in [1.54, 1.807) is 0 Å².